The molecule has 1 fully saturated rings. The molecule has 134 valence electrons. The minimum absolute atomic E-state index is 0.499. The molecule has 2 aromatic carbocycles. The van der Waals surface area contributed by atoms with Crippen molar-refractivity contribution in [1.82, 2.24) is 14.9 Å². The van der Waals surface area contributed by atoms with E-state index in [2.05, 4.69) is 75.3 Å². The van der Waals surface area contributed by atoms with E-state index < -0.39 is 0 Å². The second kappa shape index (κ2) is 7.42. The molecular formula is C22H26N4. The van der Waals surface area contributed by atoms with E-state index in [0.29, 0.717) is 6.04 Å². The Morgan fingerprint density at radius 1 is 1.08 bits per heavy atom. The van der Waals surface area contributed by atoms with Crippen LogP contribution in [0.3, 0.4) is 0 Å². The fourth-order valence-electron chi connectivity index (χ4n) is 3.91. The van der Waals surface area contributed by atoms with Crippen molar-refractivity contribution in [3.8, 4) is 0 Å². The highest BCUT2D eigenvalue weighted by molar-refractivity contribution is 5.82. The SMILES string of the molecule is Cc1cc(N(C)C2CCCN(Cc3ccc4ccccc4c3)C2)ncn1. The lowest BCUT2D eigenvalue weighted by molar-refractivity contribution is 0.198. The molecule has 0 N–H and O–H groups in total. The van der Waals surface area contributed by atoms with Gasteiger partial charge in [-0.05, 0) is 48.7 Å². The monoisotopic (exact) mass is 346 g/mol. The number of likely N-dealkylation sites (tertiary alicyclic amines) is 1. The summed E-state index contributed by atoms with van der Waals surface area (Å²) in [6, 6.07) is 18.0. The molecule has 0 bridgehead atoms. The van der Waals surface area contributed by atoms with Crippen LogP contribution in [0.5, 0.6) is 0 Å². The number of anilines is 1. The van der Waals surface area contributed by atoms with Gasteiger partial charge in [0.2, 0.25) is 0 Å². The van der Waals surface area contributed by atoms with Gasteiger partial charge in [0.25, 0.3) is 0 Å². The Hall–Kier alpha value is -2.46. The van der Waals surface area contributed by atoms with Crippen LogP contribution >= 0.6 is 0 Å². The summed E-state index contributed by atoms with van der Waals surface area (Å²) in [6.07, 6.45) is 4.11. The van der Waals surface area contributed by atoms with Gasteiger partial charge in [-0.15, -0.1) is 0 Å². The van der Waals surface area contributed by atoms with Gasteiger partial charge in [0.05, 0.1) is 0 Å². The van der Waals surface area contributed by atoms with Crippen LogP contribution in [0.4, 0.5) is 5.82 Å². The van der Waals surface area contributed by atoms with E-state index in [1.54, 1.807) is 6.33 Å². The third-order valence-corrected chi connectivity index (χ3v) is 5.40. The maximum Gasteiger partial charge on any atom is 0.132 e. The zero-order chi connectivity index (χ0) is 17.9. The predicted molar refractivity (Wildman–Crippen MR) is 107 cm³/mol. The van der Waals surface area contributed by atoms with Crippen molar-refractivity contribution < 1.29 is 0 Å². The lowest BCUT2D eigenvalue weighted by Crippen LogP contribution is -2.46. The Balaban J connectivity index is 1.45. The molecule has 0 aliphatic carbocycles. The summed E-state index contributed by atoms with van der Waals surface area (Å²) in [5.41, 5.74) is 2.41. The highest BCUT2D eigenvalue weighted by atomic mass is 15.2. The van der Waals surface area contributed by atoms with Gasteiger partial charge in [-0.3, -0.25) is 4.90 Å². The molecule has 0 saturated carbocycles. The number of benzene rings is 2. The van der Waals surface area contributed by atoms with Crippen LogP contribution in [-0.2, 0) is 6.54 Å². The van der Waals surface area contributed by atoms with Gasteiger partial charge in [0.15, 0.2) is 0 Å². The molecule has 2 heterocycles. The molecule has 1 atom stereocenters. The Morgan fingerprint density at radius 2 is 1.92 bits per heavy atom. The normalized spacial score (nSPS) is 18.2. The van der Waals surface area contributed by atoms with Crippen molar-refractivity contribution in [3.05, 3.63) is 66.1 Å². The van der Waals surface area contributed by atoms with E-state index in [1.807, 2.05) is 6.92 Å². The molecule has 1 aliphatic rings. The Morgan fingerprint density at radius 3 is 2.77 bits per heavy atom. The van der Waals surface area contributed by atoms with Crippen molar-refractivity contribution in [3.63, 3.8) is 0 Å². The summed E-state index contributed by atoms with van der Waals surface area (Å²) in [7, 11) is 2.16. The van der Waals surface area contributed by atoms with Crippen LogP contribution in [0.25, 0.3) is 10.8 Å². The quantitative estimate of drug-likeness (QED) is 0.714. The maximum absolute atomic E-state index is 4.45. The first kappa shape index (κ1) is 17.0. The Labute approximate surface area is 155 Å². The molecule has 4 nitrogen and oxygen atoms in total. The first-order chi connectivity index (χ1) is 12.7. The first-order valence-corrected chi connectivity index (χ1v) is 9.40. The largest absolute Gasteiger partial charge is 0.355 e. The van der Waals surface area contributed by atoms with Crippen LogP contribution in [0.1, 0.15) is 24.1 Å². The summed E-state index contributed by atoms with van der Waals surface area (Å²) < 4.78 is 0. The highest BCUT2D eigenvalue weighted by Gasteiger charge is 2.24. The van der Waals surface area contributed by atoms with Gasteiger partial charge in [0.1, 0.15) is 12.1 Å². The number of nitrogens with zero attached hydrogens (tertiary/aromatic N) is 4. The van der Waals surface area contributed by atoms with E-state index in [-0.39, 0.29) is 0 Å². The topological polar surface area (TPSA) is 32.3 Å². The van der Waals surface area contributed by atoms with E-state index in [4.69, 9.17) is 0 Å². The second-order valence-electron chi connectivity index (χ2n) is 7.34. The summed E-state index contributed by atoms with van der Waals surface area (Å²) in [4.78, 5) is 13.6. The molecule has 0 spiro atoms. The van der Waals surface area contributed by atoms with Gasteiger partial charge >= 0.3 is 0 Å². The average Bonchev–Trinajstić information content (AvgIpc) is 2.67. The summed E-state index contributed by atoms with van der Waals surface area (Å²) in [6.45, 7) is 5.27. The fourth-order valence-corrected chi connectivity index (χ4v) is 3.91. The fraction of sp³-hybridized carbons (Fsp3) is 0.364. The van der Waals surface area contributed by atoms with Gasteiger partial charge in [-0.1, -0.05) is 36.4 Å². The number of likely N-dealkylation sites (N-methyl/N-ethyl adjacent to an activating group) is 1. The van der Waals surface area contributed by atoms with E-state index in [1.165, 1.54) is 35.7 Å². The van der Waals surface area contributed by atoms with Gasteiger partial charge in [-0.25, -0.2) is 9.97 Å². The number of fused-ring (bicyclic) bond motifs is 1. The number of hydrogen-bond acceptors (Lipinski definition) is 4. The molecule has 4 rings (SSSR count). The molecule has 1 aliphatic heterocycles. The van der Waals surface area contributed by atoms with Crippen molar-refractivity contribution in [2.75, 3.05) is 25.0 Å². The number of aryl methyl sites for hydroxylation is 1. The van der Waals surface area contributed by atoms with Crippen molar-refractivity contribution >= 4 is 16.6 Å². The smallest absolute Gasteiger partial charge is 0.132 e. The van der Waals surface area contributed by atoms with Crippen LogP contribution in [-0.4, -0.2) is 41.0 Å². The maximum atomic E-state index is 4.45. The van der Waals surface area contributed by atoms with E-state index in [9.17, 15) is 0 Å². The van der Waals surface area contributed by atoms with Gasteiger partial charge in [0, 0.05) is 37.9 Å². The Bertz CT molecular complexity index is 892. The first-order valence-electron chi connectivity index (χ1n) is 9.40. The second-order valence-corrected chi connectivity index (χ2v) is 7.34. The van der Waals surface area contributed by atoms with E-state index in [0.717, 1.165) is 24.6 Å². The van der Waals surface area contributed by atoms with Crippen molar-refractivity contribution in [1.29, 1.82) is 0 Å². The minimum atomic E-state index is 0.499. The van der Waals surface area contributed by atoms with E-state index >= 15 is 0 Å². The lowest BCUT2D eigenvalue weighted by atomic mass is 10.0. The molecule has 0 amide bonds. The predicted octanol–water partition coefficient (Wildman–Crippen LogP) is 4.04. The number of rotatable bonds is 4. The number of piperidine rings is 1. The highest BCUT2D eigenvalue weighted by Crippen LogP contribution is 2.22. The molecule has 1 aromatic heterocycles. The standard InChI is InChI=1S/C22H26N4/c1-17-12-22(24-16-23-17)25(2)21-8-5-11-26(15-21)14-18-9-10-19-6-3-4-7-20(19)13-18/h3-4,6-7,9-10,12-13,16,21H,5,8,11,14-15H2,1-2H3. The zero-order valence-corrected chi connectivity index (χ0v) is 15.6. The molecule has 0 radical (unpaired) electrons. The Kier molecular flexibility index (Phi) is 4.85. The number of aromatic nitrogens is 2. The molecule has 4 heteroatoms. The van der Waals surface area contributed by atoms with Gasteiger partial charge < -0.3 is 4.90 Å². The van der Waals surface area contributed by atoms with Gasteiger partial charge in [-0.2, -0.15) is 0 Å². The third-order valence-electron chi connectivity index (χ3n) is 5.40. The number of hydrogen-bond donors (Lipinski definition) is 0. The van der Waals surface area contributed by atoms with Crippen molar-refractivity contribution in [2.24, 2.45) is 0 Å². The zero-order valence-electron chi connectivity index (χ0n) is 15.6. The molecule has 1 saturated heterocycles. The van der Waals surface area contributed by atoms with Crippen LogP contribution in [0.2, 0.25) is 0 Å². The molecule has 3 aromatic rings. The van der Waals surface area contributed by atoms with Crippen LogP contribution < -0.4 is 4.90 Å². The van der Waals surface area contributed by atoms with Crippen LogP contribution in [0, 0.1) is 6.92 Å². The molecule has 26 heavy (non-hydrogen) atoms. The average molecular weight is 346 g/mol. The summed E-state index contributed by atoms with van der Waals surface area (Å²) in [5, 5.41) is 2.64. The van der Waals surface area contributed by atoms with Crippen LogP contribution in [0.15, 0.2) is 54.9 Å². The lowest BCUT2D eigenvalue weighted by Gasteiger charge is -2.38. The minimum Gasteiger partial charge on any atom is -0.355 e. The summed E-state index contributed by atoms with van der Waals surface area (Å²) >= 11 is 0. The molecule has 1 unspecified atom stereocenters. The summed E-state index contributed by atoms with van der Waals surface area (Å²) in [5.74, 6) is 1.02. The van der Waals surface area contributed by atoms with Crippen molar-refractivity contribution in [2.45, 2.75) is 32.4 Å². The molecular weight excluding hydrogens is 320 g/mol. The third kappa shape index (κ3) is 3.70.